The van der Waals surface area contributed by atoms with Crippen molar-refractivity contribution in [1.82, 2.24) is 0 Å². The minimum Gasteiger partial charge on any atom is -0.488 e. The van der Waals surface area contributed by atoms with Gasteiger partial charge in [0.1, 0.15) is 60.7 Å². The van der Waals surface area contributed by atoms with Crippen molar-refractivity contribution in [2.24, 2.45) is 0 Å². The minimum absolute atomic E-state index is 0.0242. The van der Waals surface area contributed by atoms with Crippen LogP contribution in [0.3, 0.4) is 0 Å². The third kappa shape index (κ3) is 6.97. The van der Waals surface area contributed by atoms with Gasteiger partial charge in [-0.15, -0.1) is 0 Å². The van der Waals surface area contributed by atoms with Gasteiger partial charge in [0.05, 0.1) is 19.8 Å². The van der Waals surface area contributed by atoms with Crippen molar-refractivity contribution in [2.45, 2.75) is 80.2 Å². The molecule has 0 amide bonds. The Morgan fingerprint density at radius 2 is 1.67 bits per heavy atom. The first-order valence-electron chi connectivity index (χ1n) is 13.9. The van der Waals surface area contributed by atoms with Crippen LogP contribution >= 0.6 is 11.6 Å². The maximum Gasteiger partial charge on any atom is 0.335 e. The van der Waals surface area contributed by atoms with Gasteiger partial charge < -0.3 is 59.4 Å². The molecule has 43 heavy (non-hydrogen) atoms. The normalized spacial score (nSPS) is 36.4. The van der Waals surface area contributed by atoms with Crippen LogP contribution in [0.1, 0.15) is 29.2 Å². The van der Waals surface area contributed by atoms with Crippen molar-refractivity contribution < 1.29 is 64.2 Å². The lowest BCUT2D eigenvalue weighted by atomic mass is 9.89. The molecule has 2 unspecified atom stereocenters. The van der Waals surface area contributed by atoms with Crippen LogP contribution in [0.4, 0.5) is 0 Å². The lowest BCUT2D eigenvalue weighted by Crippen LogP contribution is -2.64. The van der Waals surface area contributed by atoms with E-state index in [1.54, 1.807) is 18.2 Å². The van der Waals surface area contributed by atoms with Crippen molar-refractivity contribution in [3.8, 4) is 5.75 Å². The lowest BCUT2D eigenvalue weighted by Gasteiger charge is -2.46. The summed E-state index contributed by atoms with van der Waals surface area (Å²) in [5, 5.41) is 72.2. The van der Waals surface area contributed by atoms with E-state index in [0.29, 0.717) is 35.8 Å². The van der Waals surface area contributed by atoms with Crippen LogP contribution < -0.4 is 4.74 Å². The van der Waals surface area contributed by atoms with Gasteiger partial charge in [-0.1, -0.05) is 35.9 Å². The molecular weight excluding hydrogens is 592 g/mol. The topological polar surface area (TPSA) is 205 Å². The molecule has 0 aliphatic carbocycles. The zero-order chi connectivity index (χ0) is 30.8. The van der Waals surface area contributed by atoms with E-state index in [1.807, 2.05) is 24.3 Å². The third-order valence-electron chi connectivity index (χ3n) is 7.88. The maximum atomic E-state index is 11.5. The Bertz CT molecular complexity index is 1240. The summed E-state index contributed by atoms with van der Waals surface area (Å²) >= 11 is 6.50. The highest BCUT2D eigenvalue weighted by Gasteiger charge is 2.52. The summed E-state index contributed by atoms with van der Waals surface area (Å²) in [5.74, 6) is -0.897. The van der Waals surface area contributed by atoms with Gasteiger partial charge in [-0.25, -0.2) is 4.79 Å². The van der Waals surface area contributed by atoms with Gasteiger partial charge in [0.15, 0.2) is 12.4 Å². The Kier molecular flexibility index (Phi) is 10.2. The van der Waals surface area contributed by atoms with Crippen molar-refractivity contribution in [2.75, 3.05) is 19.8 Å². The van der Waals surface area contributed by atoms with E-state index in [-0.39, 0.29) is 6.10 Å². The zero-order valence-corrected chi connectivity index (χ0v) is 23.6. The number of aliphatic carboxylic acids is 1. The van der Waals surface area contributed by atoms with Crippen molar-refractivity contribution in [3.63, 3.8) is 0 Å². The minimum atomic E-state index is -1.95. The molecule has 0 saturated carbocycles. The Morgan fingerprint density at radius 1 is 0.930 bits per heavy atom. The lowest BCUT2D eigenvalue weighted by molar-refractivity contribution is -0.337. The smallest absolute Gasteiger partial charge is 0.335 e. The van der Waals surface area contributed by atoms with Crippen LogP contribution in [0.2, 0.25) is 5.02 Å². The van der Waals surface area contributed by atoms with Gasteiger partial charge in [-0.3, -0.25) is 0 Å². The van der Waals surface area contributed by atoms with Gasteiger partial charge in [-0.05, 0) is 41.3 Å². The molecule has 14 heteroatoms. The largest absolute Gasteiger partial charge is 0.488 e. The van der Waals surface area contributed by atoms with Crippen molar-refractivity contribution >= 4 is 17.6 Å². The third-order valence-corrected chi connectivity index (χ3v) is 8.25. The molecule has 3 fully saturated rings. The molecule has 5 rings (SSSR count). The van der Waals surface area contributed by atoms with Gasteiger partial charge in [0.25, 0.3) is 0 Å². The molecule has 0 aromatic heterocycles. The highest BCUT2D eigenvalue weighted by atomic mass is 35.5. The standard InChI is InChI=1S/C29H35ClO13/c30-18-6-3-14(10-15(18)9-13-1-4-16(5-2-13)40-17-7-8-39-12-17)25-24(36)26(20(32)19(11-31)41-25)42-29-23(35)21(33)22(34)27(43-29)28(37)38/h1-6,10,17,19-27,29,31-36H,7-9,11-12H2,(H,37,38)/t17-,19+,20+,21-,22-,23+,24-,25-,26?,27-,29?/m0/s1. The maximum absolute atomic E-state index is 11.5. The molecule has 236 valence electrons. The van der Waals surface area contributed by atoms with Crippen LogP contribution in [0.15, 0.2) is 42.5 Å². The highest BCUT2D eigenvalue weighted by Crippen LogP contribution is 2.37. The number of ether oxygens (including phenoxy) is 5. The summed E-state index contributed by atoms with van der Waals surface area (Å²) < 4.78 is 27.9. The number of carboxylic acid groups (broad SMARTS) is 1. The number of aliphatic hydroxyl groups excluding tert-OH is 6. The monoisotopic (exact) mass is 626 g/mol. The Labute approximate surface area is 251 Å². The first kappa shape index (κ1) is 32.0. The van der Waals surface area contributed by atoms with E-state index in [1.165, 1.54) is 0 Å². The average Bonchev–Trinajstić information content (AvgIpc) is 3.50. The van der Waals surface area contributed by atoms with E-state index >= 15 is 0 Å². The van der Waals surface area contributed by atoms with Crippen LogP contribution in [-0.2, 0) is 30.2 Å². The molecule has 11 atom stereocenters. The molecule has 7 N–H and O–H groups in total. The molecule has 3 aliphatic rings. The molecule has 13 nitrogen and oxygen atoms in total. The van der Waals surface area contributed by atoms with E-state index in [0.717, 1.165) is 17.7 Å². The fourth-order valence-corrected chi connectivity index (χ4v) is 5.64. The number of carboxylic acids is 1. The Balaban J connectivity index is 1.33. The van der Waals surface area contributed by atoms with Crippen LogP contribution in [0.5, 0.6) is 5.75 Å². The molecule has 0 radical (unpaired) electrons. The second-order valence-corrected chi connectivity index (χ2v) is 11.3. The quantitative estimate of drug-likeness (QED) is 0.188. The van der Waals surface area contributed by atoms with Gasteiger partial charge >= 0.3 is 5.97 Å². The molecule has 3 heterocycles. The van der Waals surface area contributed by atoms with Gasteiger partial charge in [0, 0.05) is 11.4 Å². The second-order valence-electron chi connectivity index (χ2n) is 10.9. The van der Waals surface area contributed by atoms with E-state index < -0.39 is 73.8 Å². The number of carbonyl (C=O) groups is 1. The molecule has 0 bridgehead atoms. The molecule has 2 aromatic rings. The predicted octanol–water partition coefficient (Wildman–Crippen LogP) is -0.470. The molecule has 3 saturated heterocycles. The van der Waals surface area contributed by atoms with Gasteiger partial charge in [-0.2, -0.15) is 0 Å². The number of rotatable bonds is 9. The fraction of sp³-hybridized carbons (Fsp3) is 0.552. The number of benzene rings is 2. The van der Waals surface area contributed by atoms with Crippen LogP contribution in [0.25, 0.3) is 0 Å². The van der Waals surface area contributed by atoms with E-state index in [9.17, 15) is 40.5 Å². The summed E-state index contributed by atoms with van der Waals surface area (Å²) in [6.45, 7) is 0.567. The Morgan fingerprint density at radius 3 is 2.33 bits per heavy atom. The number of halogens is 1. The summed E-state index contributed by atoms with van der Waals surface area (Å²) in [4.78, 5) is 11.5. The summed E-state index contributed by atoms with van der Waals surface area (Å²) in [6, 6.07) is 12.5. The van der Waals surface area contributed by atoms with Crippen molar-refractivity contribution in [1.29, 1.82) is 0 Å². The van der Waals surface area contributed by atoms with Crippen LogP contribution in [0, 0.1) is 0 Å². The Hall–Kier alpha value is -2.40. The SMILES string of the molecule is O=C(O)[C@H]1OC(OC2[C@@H](O)[C@H](c3ccc(Cl)c(Cc4ccc(O[C@H]5CCOC5)cc4)c3)O[C@H](CO)[C@H]2O)[C@H](O)[C@@H](O)[C@@H]1O. The highest BCUT2D eigenvalue weighted by molar-refractivity contribution is 6.31. The second kappa shape index (κ2) is 13.7. The number of hydrogen-bond donors (Lipinski definition) is 7. The number of hydrogen-bond acceptors (Lipinski definition) is 12. The van der Waals surface area contributed by atoms with Crippen molar-refractivity contribution in [3.05, 3.63) is 64.2 Å². The summed E-state index contributed by atoms with van der Waals surface area (Å²) in [7, 11) is 0. The van der Waals surface area contributed by atoms with Gasteiger partial charge in [0.2, 0.25) is 0 Å². The molecule has 0 spiro atoms. The van der Waals surface area contributed by atoms with E-state index in [4.69, 9.17) is 35.3 Å². The average molecular weight is 627 g/mol. The first-order valence-corrected chi connectivity index (χ1v) is 14.3. The molecule has 3 aliphatic heterocycles. The van der Waals surface area contributed by atoms with Crippen LogP contribution in [-0.4, -0.2) is 123 Å². The predicted molar refractivity (Wildman–Crippen MR) is 146 cm³/mol. The summed E-state index contributed by atoms with van der Waals surface area (Å²) in [5.41, 5.74) is 2.07. The number of aliphatic hydroxyl groups is 6. The fourth-order valence-electron chi connectivity index (χ4n) is 5.45. The molecular formula is C29H35ClO13. The summed E-state index contributed by atoms with van der Waals surface area (Å²) in [6.07, 6.45) is -15.5. The zero-order valence-electron chi connectivity index (χ0n) is 22.9. The first-order chi connectivity index (χ1) is 20.6. The van der Waals surface area contributed by atoms with E-state index in [2.05, 4.69) is 0 Å². The molecule has 2 aromatic carbocycles.